The molecule has 1 aliphatic heterocycles. The van der Waals surface area contributed by atoms with E-state index in [1.165, 1.54) is 10.5 Å². The number of carbonyl (C=O) groups is 1. The number of H-pyrrole nitrogens is 1. The van der Waals surface area contributed by atoms with Gasteiger partial charge in [0.05, 0.1) is 29.7 Å². The molecule has 0 atom stereocenters. The van der Waals surface area contributed by atoms with Crippen molar-refractivity contribution >= 4 is 27.0 Å². The van der Waals surface area contributed by atoms with Crippen LogP contribution >= 0.6 is 0 Å². The van der Waals surface area contributed by atoms with Crippen molar-refractivity contribution in [1.82, 2.24) is 24.1 Å². The first kappa shape index (κ1) is 22.5. The fourth-order valence-electron chi connectivity index (χ4n) is 4.09. The van der Waals surface area contributed by atoms with Gasteiger partial charge in [-0.1, -0.05) is 20.3 Å². The molecular weight excluding hydrogens is 430 g/mol. The number of pyridine rings is 1. The Balaban J connectivity index is 1.69. The number of esters is 1. The summed E-state index contributed by atoms with van der Waals surface area (Å²) in [5.41, 5.74) is 2.15. The van der Waals surface area contributed by atoms with E-state index in [4.69, 9.17) is 4.74 Å². The first-order chi connectivity index (χ1) is 15.3. The lowest BCUT2D eigenvalue weighted by Crippen LogP contribution is -2.64. The highest BCUT2D eigenvalue weighted by atomic mass is 32.2. The van der Waals surface area contributed by atoms with Crippen molar-refractivity contribution in [2.45, 2.75) is 45.6 Å². The Morgan fingerprint density at radius 3 is 2.72 bits per heavy atom. The van der Waals surface area contributed by atoms with E-state index in [0.29, 0.717) is 36.5 Å². The van der Waals surface area contributed by atoms with E-state index in [2.05, 4.69) is 15.1 Å². The van der Waals surface area contributed by atoms with Crippen LogP contribution in [-0.2, 0) is 20.3 Å². The van der Waals surface area contributed by atoms with Gasteiger partial charge in [0.1, 0.15) is 5.65 Å². The molecule has 9 nitrogen and oxygen atoms in total. The number of sulfonamides is 1. The zero-order valence-corrected chi connectivity index (χ0v) is 19.5. The minimum atomic E-state index is -3.23. The molecule has 0 unspecified atom stereocenters. The van der Waals surface area contributed by atoms with Gasteiger partial charge in [-0.25, -0.2) is 18.2 Å². The molecule has 32 heavy (non-hydrogen) atoms. The molecule has 1 saturated heterocycles. The Kier molecular flexibility index (Phi) is 6.09. The lowest BCUT2D eigenvalue weighted by atomic mass is 9.89. The van der Waals surface area contributed by atoms with E-state index in [-0.39, 0.29) is 5.75 Å². The Hall–Kier alpha value is -2.72. The molecule has 3 aromatic rings. The topological polar surface area (TPSA) is 110 Å². The molecule has 0 bridgehead atoms. The van der Waals surface area contributed by atoms with Crippen LogP contribution < -0.4 is 0 Å². The molecule has 4 rings (SSSR count). The van der Waals surface area contributed by atoms with Crippen LogP contribution in [0.4, 0.5) is 0 Å². The highest BCUT2D eigenvalue weighted by Crippen LogP contribution is 2.37. The van der Waals surface area contributed by atoms with E-state index in [1.807, 2.05) is 30.8 Å². The quantitative estimate of drug-likeness (QED) is 0.389. The SMILES string of the molecule is CCCCOC(=O)c1cnc2[nH]ccc2c1-c1cnn(C2(CC)CN(S(=O)(=O)CC)C2)c1. The summed E-state index contributed by atoms with van der Waals surface area (Å²) in [6.45, 7) is 6.87. The third-order valence-electron chi connectivity index (χ3n) is 6.25. The van der Waals surface area contributed by atoms with Gasteiger partial charge < -0.3 is 9.72 Å². The van der Waals surface area contributed by atoms with Crippen LogP contribution in [0.25, 0.3) is 22.2 Å². The summed E-state index contributed by atoms with van der Waals surface area (Å²) in [6, 6.07) is 1.88. The summed E-state index contributed by atoms with van der Waals surface area (Å²) >= 11 is 0. The summed E-state index contributed by atoms with van der Waals surface area (Å²) in [6.07, 6.45) is 9.41. The fourth-order valence-corrected chi connectivity index (χ4v) is 5.33. The molecule has 4 heterocycles. The van der Waals surface area contributed by atoms with Crippen LogP contribution in [0.5, 0.6) is 0 Å². The Morgan fingerprint density at radius 2 is 2.03 bits per heavy atom. The van der Waals surface area contributed by atoms with Gasteiger partial charge in [-0.15, -0.1) is 0 Å². The van der Waals surface area contributed by atoms with Crippen LogP contribution in [0, 0.1) is 0 Å². The predicted molar refractivity (Wildman–Crippen MR) is 122 cm³/mol. The van der Waals surface area contributed by atoms with Gasteiger partial charge in [0.15, 0.2) is 0 Å². The monoisotopic (exact) mass is 459 g/mol. The third kappa shape index (κ3) is 3.81. The zero-order chi connectivity index (χ0) is 22.9. The molecule has 0 amide bonds. The van der Waals surface area contributed by atoms with Crippen molar-refractivity contribution in [3.8, 4) is 11.1 Å². The van der Waals surface area contributed by atoms with Crippen molar-refractivity contribution < 1.29 is 17.9 Å². The van der Waals surface area contributed by atoms with Crippen molar-refractivity contribution in [2.75, 3.05) is 25.4 Å². The van der Waals surface area contributed by atoms with Gasteiger partial charge in [0.25, 0.3) is 0 Å². The van der Waals surface area contributed by atoms with Gasteiger partial charge in [-0.2, -0.15) is 9.40 Å². The van der Waals surface area contributed by atoms with Crippen LogP contribution in [0.1, 0.15) is 50.4 Å². The number of fused-ring (bicyclic) bond motifs is 1. The van der Waals surface area contributed by atoms with Gasteiger partial charge >= 0.3 is 5.97 Å². The van der Waals surface area contributed by atoms with Crippen molar-refractivity contribution in [3.63, 3.8) is 0 Å². The molecule has 1 aliphatic rings. The second-order valence-corrected chi connectivity index (χ2v) is 10.5. The number of rotatable bonds is 9. The number of hydrogen-bond donors (Lipinski definition) is 1. The van der Waals surface area contributed by atoms with E-state index in [0.717, 1.165) is 30.2 Å². The number of nitrogens with zero attached hydrogens (tertiary/aromatic N) is 4. The van der Waals surface area contributed by atoms with Crippen LogP contribution in [0.3, 0.4) is 0 Å². The van der Waals surface area contributed by atoms with Crippen molar-refractivity contribution in [2.24, 2.45) is 0 Å². The van der Waals surface area contributed by atoms with E-state index in [9.17, 15) is 13.2 Å². The molecule has 10 heteroatoms. The minimum Gasteiger partial charge on any atom is -0.462 e. The average Bonchev–Trinajstić information content (AvgIpc) is 3.42. The normalized spacial score (nSPS) is 16.2. The molecule has 3 aromatic heterocycles. The maximum absolute atomic E-state index is 12.8. The van der Waals surface area contributed by atoms with Crippen LogP contribution in [0.2, 0.25) is 0 Å². The zero-order valence-electron chi connectivity index (χ0n) is 18.7. The molecule has 0 radical (unpaired) electrons. The lowest BCUT2D eigenvalue weighted by Gasteiger charge is -2.48. The molecule has 0 aliphatic carbocycles. The smallest absolute Gasteiger partial charge is 0.340 e. The summed E-state index contributed by atoms with van der Waals surface area (Å²) in [7, 11) is -3.23. The van der Waals surface area contributed by atoms with E-state index < -0.39 is 21.5 Å². The average molecular weight is 460 g/mol. The van der Waals surface area contributed by atoms with E-state index >= 15 is 0 Å². The van der Waals surface area contributed by atoms with Gasteiger partial charge in [-0.05, 0) is 25.8 Å². The first-order valence-corrected chi connectivity index (χ1v) is 12.6. The lowest BCUT2D eigenvalue weighted by molar-refractivity contribution is 0.0500. The maximum Gasteiger partial charge on any atom is 0.340 e. The van der Waals surface area contributed by atoms with E-state index in [1.54, 1.807) is 19.3 Å². The number of carbonyl (C=O) groups excluding carboxylic acids is 1. The minimum absolute atomic E-state index is 0.0864. The molecule has 172 valence electrons. The Labute approximate surface area is 187 Å². The third-order valence-corrected chi connectivity index (χ3v) is 8.03. The number of aromatic amines is 1. The Morgan fingerprint density at radius 1 is 1.25 bits per heavy atom. The number of unbranched alkanes of at least 4 members (excludes halogenated alkanes) is 1. The van der Waals surface area contributed by atoms with Gasteiger partial charge in [0, 0.05) is 48.2 Å². The molecule has 0 saturated carbocycles. The highest BCUT2D eigenvalue weighted by molar-refractivity contribution is 7.89. The first-order valence-electron chi connectivity index (χ1n) is 11.0. The molecule has 1 fully saturated rings. The van der Waals surface area contributed by atoms with Crippen LogP contribution in [-0.4, -0.2) is 63.9 Å². The largest absolute Gasteiger partial charge is 0.462 e. The molecular formula is C22H29N5O4S. The number of ether oxygens (including phenoxy) is 1. The van der Waals surface area contributed by atoms with Crippen molar-refractivity contribution in [3.05, 3.63) is 36.4 Å². The molecule has 1 N–H and O–H groups in total. The second kappa shape index (κ2) is 8.67. The van der Waals surface area contributed by atoms with Gasteiger partial charge in [-0.3, -0.25) is 4.68 Å². The molecule has 0 spiro atoms. The summed E-state index contributed by atoms with van der Waals surface area (Å²) in [5, 5.41) is 5.39. The predicted octanol–water partition coefficient (Wildman–Crippen LogP) is 3.15. The molecule has 0 aromatic carbocycles. The van der Waals surface area contributed by atoms with Crippen molar-refractivity contribution in [1.29, 1.82) is 0 Å². The number of aromatic nitrogens is 4. The summed E-state index contributed by atoms with van der Waals surface area (Å²) in [5.74, 6) is -0.325. The maximum atomic E-state index is 12.8. The van der Waals surface area contributed by atoms with Crippen LogP contribution in [0.15, 0.2) is 30.9 Å². The number of hydrogen-bond acceptors (Lipinski definition) is 6. The van der Waals surface area contributed by atoms with Gasteiger partial charge in [0.2, 0.25) is 10.0 Å². The summed E-state index contributed by atoms with van der Waals surface area (Å²) < 4.78 is 33.2. The summed E-state index contributed by atoms with van der Waals surface area (Å²) in [4.78, 5) is 20.3. The Bertz CT molecular complexity index is 1220. The fraction of sp³-hybridized carbons (Fsp3) is 0.500. The number of nitrogens with one attached hydrogen (secondary N) is 1. The highest BCUT2D eigenvalue weighted by Gasteiger charge is 2.48. The standard InChI is InChI=1S/C22H29N5O4S/c1-4-7-10-31-21(28)18-12-24-20-17(8-9-23-20)19(18)16-11-25-27(13-16)22(5-2)14-26(15-22)32(29,30)6-3/h8-9,11-13H,4-7,10,14-15H2,1-3H3,(H,23,24). The second-order valence-electron chi connectivity index (χ2n) is 8.20.